The van der Waals surface area contributed by atoms with Crippen molar-refractivity contribution in [2.75, 3.05) is 31.2 Å². The molecule has 3 aliphatic rings. The van der Waals surface area contributed by atoms with Crippen molar-refractivity contribution in [3.8, 4) is 0 Å². The SMILES string of the molecule is O=C(CNC1CCCC1)N(CC1CCCO1)C1CCSC1. The lowest BCUT2D eigenvalue weighted by atomic mass is 10.1. The highest BCUT2D eigenvalue weighted by Crippen LogP contribution is 2.24. The zero-order valence-electron chi connectivity index (χ0n) is 12.9. The summed E-state index contributed by atoms with van der Waals surface area (Å²) < 4.78 is 5.75. The Hall–Kier alpha value is -0.260. The normalized spacial score (nSPS) is 30.1. The van der Waals surface area contributed by atoms with Crippen LogP contribution in [0, 0.1) is 0 Å². The van der Waals surface area contributed by atoms with E-state index < -0.39 is 0 Å². The number of hydrogen-bond acceptors (Lipinski definition) is 4. The molecule has 0 aromatic rings. The number of ether oxygens (including phenoxy) is 1. The van der Waals surface area contributed by atoms with Crippen molar-refractivity contribution in [2.24, 2.45) is 0 Å². The number of nitrogens with zero attached hydrogens (tertiary/aromatic N) is 1. The largest absolute Gasteiger partial charge is 0.376 e. The predicted molar refractivity (Wildman–Crippen MR) is 86.7 cm³/mol. The Morgan fingerprint density at radius 2 is 2.05 bits per heavy atom. The lowest BCUT2D eigenvalue weighted by molar-refractivity contribution is -0.134. The third-order valence-electron chi connectivity index (χ3n) is 4.99. The number of amides is 1. The molecule has 3 fully saturated rings. The maximum absolute atomic E-state index is 12.7. The van der Waals surface area contributed by atoms with Gasteiger partial charge in [-0.15, -0.1) is 0 Å². The molecule has 0 aromatic carbocycles. The minimum absolute atomic E-state index is 0.269. The second-order valence-corrected chi connectivity index (χ2v) is 7.71. The summed E-state index contributed by atoms with van der Waals surface area (Å²) in [6.07, 6.45) is 8.76. The highest BCUT2D eigenvalue weighted by Gasteiger charge is 2.30. The predicted octanol–water partition coefficient (Wildman–Crippen LogP) is 2.03. The summed E-state index contributed by atoms with van der Waals surface area (Å²) in [7, 11) is 0. The van der Waals surface area contributed by atoms with E-state index in [4.69, 9.17) is 4.74 Å². The van der Waals surface area contributed by atoms with E-state index in [1.807, 2.05) is 11.8 Å². The molecule has 0 bridgehead atoms. The van der Waals surface area contributed by atoms with Crippen LogP contribution in [0.1, 0.15) is 44.9 Å². The third-order valence-corrected chi connectivity index (χ3v) is 6.13. The van der Waals surface area contributed by atoms with Crippen LogP contribution < -0.4 is 5.32 Å². The maximum atomic E-state index is 12.7. The van der Waals surface area contributed by atoms with Crippen LogP contribution in [0.3, 0.4) is 0 Å². The Morgan fingerprint density at radius 3 is 2.71 bits per heavy atom. The molecule has 2 saturated heterocycles. The minimum Gasteiger partial charge on any atom is -0.376 e. The molecule has 3 rings (SSSR count). The molecular formula is C16H28N2O2S. The van der Waals surface area contributed by atoms with Gasteiger partial charge in [-0.1, -0.05) is 12.8 Å². The van der Waals surface area contributed by atoms with Gasteiger partial charge in [-0.2, -0.15) is 11.8 Å². The van der Waals surface area contributed by atoms with Gasteiger partial charge in [-0.3, -0.25) is 4.79 Å². The summed E-state index contributed by atoms with van der Waals surface area (Å²) in [5.41, 5.74) is 0. The van der Waals surface area contributed by atoms with E-state index >= 15 is 0 Å². The van der Waals surface area contributed by atoms with Gasteiger partial charge in [0.1, 0.15) is 0 Å². The molecule has 1 amide bonds. The molecule has 120 valence electrons. The summed E-state index contributed by atoms with van der Waals surface area (Å²) in [5.74, 6) is 2.57. The van der Waals surface area contributed by atoms with Crippen LogP contribution in [-0.2, 0) is 9.53 Å². The van der Waals surface area contributed by atoms with Gasteiger partial charge in [0.05, 0.1) is 12.6 Å². The molecule has 1 N–H and O–H groups in total. The first kappa shape index (κ1) is 15.6. The smallest absolute Gasteiger partial charge is 0.236 e. The summed E-state index contributed by atoms with van der Waals surface area (Å²) >= 11 is 1.97. The Balaban J connectivity index is 1.52. The van der Waals surface area contributed by atoms with E-state index in [0.29, 0.717) is 18.6 Å². The molecule has 0 aromatic heterocycles. The first-order valence-corrected chi connectivity index (χ1v) is 9.70. The minimum atomic E-state index is 0.269. The fourth-order valence-corrected chi connectivity index (χ4v) is 4.92. The van der Waals surface area contributed by atoms with Crippen molar-refractivity contribution in [1.82, 2.24) is 10.2 Å². The zero-order valence-corrected chi connectivity index (χ0v) is 13.7. The summed E-state index contributed by atoms with van der Waals surface area (Å²) in [5, 5.41) is 3.47. The lowest BCUT2D eigenvalue weighted by Crippen LogP contribution is -2.49. The molecule has 21 heavy (non-hydrogen) atoms. The lowest BCUT2D eigenvalue weighted by Gasteiger charge is -2.31. The molecule has 0 spiro atoms. The maximum Gasteiger partial charge on any atom is 0.236 e. The fourth-order valence-electron chi connectivity index (χ4n) is 3.69. The van der Waals surface area contributed by atoms with Gasteiger partial charge in [0.2, 0.25) is 5.91 Å². The van der Waals surface area contributed by atoms with Gasteiger partial charge in [-0.05, 0) is 37.9 Å². The van der Waals surface area contributed by atoms with Crippen LogP contribution >= 0.6 is 11.8 Å². The molecule has 0 radical (unpaired) electrons. The van der Waals surface area contributed by atoms with E-state index in [0.717, 1.165) is 38.2 Å². The summed E-state index contributed by atoms with van der Waals surface area (Å²) in [6, 6.07) is 0.994. The van der Waals surface area contributed by atoms with E-state index in [-0.39, 0.29) is 12.0 Å². The van der Waals surface area contributed by atoms with Gasteiger partial charge in [0.15, 0.2) is 0 Å². The number of thioether (sulfide) groups is 1. The highest BCUT2D eigenvalue weighted by atomic mass is 32.2. The number of hydrogen-bond donors (Lipinski definition) is 1. The van der Waals surface area contributed by atoms with E-state index in [2.05, 4.69) is 10.2 Å². The van der Waals surface area contributed by atoms with Gasteiger partial charge >= 0.3 is 0 Å². The number of carbonyl (C=O) groups is 1. The molecule has 2 aliphatic heterocycles. The average molecular weight is 312 g/mol. The standard InChI is InChI=1S/C16H28N2O2S/c19-16(10-17-13-4-1-2-5-13)18(14-7-9-21-12-14)11-15-6-3-8-20-15/h13-15,17H,1-12H2. The molecule has 1 aliphatic carbocycles. The van der Waals surface area contributed by atoms with E-state index in [9.17, 15) is 4.79 Å². The van der Waals surface area contributed by atoms with Crippen molar-refractivity contribution >= 4 is 17.7 Å². The molecule has 2 heterocycles. The van der Waals surface area contributed by atoms with Gasteiger partial charge in [0, 0.05) is 31.0 Å². The van der Waals surface area contributed by atoms with Gasteiger partial charge in [-0.25, -0.2) is 0 Å². The Bertz CT molecular complexity index is 335. The zero-order chi connectivity index (χ0) is 14.5. The van der Waals surface area contributed by atoms with Gasteiger partial charge in [0.25, 0.3) is 0 Å². The molecule has 1 saturated carbocycles. The van der Waals surface area contributed by atoms with Crippen molar-refractivity contribution in [3.05, 3.63) is 0 Å². The number of carbonyl (C=O) groups excluding carboxylic acids is 1. The number of rotatable bonds is 6. The fraction of sp³-hybridized carbons (Fsp3) is 0.938. The van der Waals surface area contributed by atoms with Crippen molar-refractivity contribution in [1.29, 1.82) is 0 Å². The Labute approximate surface area is 132 Å². The molecule has 4 nitrogen and oxygen atoms in total. The highest BCUT2D eigenvalue weighted by molar-refractivity contribution is 7.99. The van der Waals surface area contributed by atoms with Crippen LogP contribution in [0.5, 0.6) is 0 Å². The van der Waals surface area contributed by atoms with Crippen LogP contribution in [0.15, 0.2) is 0 Å². The van der Waals surface area contributed by atoms with Crippen molar-refractivity contribution in [2.45, 2.75) is 63.1 Å². The third kappa shape index (κ3) is 4.36. The second kappa shape index (κ2) is 7.84. The van der Waals surface area contributed by atoms with Crippen molar-refractivity contribution < 1.29 is 9.53 Å². The van der Waals surface area contributed by atoms with Crippen molar-refractivity contribution in [3.63, 3.8) is 0 Å². The molecular weight excluding hydrogens is 284 g/mol. The molecule has 2 atom stereocenters. The molecule has 5 heteroatoms. The Morgan fingerprint density at radius 1 is 1.19 bits per heavy atom. The van der Waals surface area contributed by atoms with Crippen LogP contribution in [-0.4, -0.2) is 60.2 Å². The summed E-state index contributed by atoms with van der Waals surface area (Å²) in [6.45, 7) is 2.18. The quantitative estimate of drug-likeness (QED) is 0.815. The topological polar surface area (TPSA) is 41.6 Å². The first-order chi connectivity index (χ1) is 10.3. The van der Waals surface area contributed by atoms with Crippen LogP contribution in [0.2, 0.25) is 0 Å². The summed E-state index contributed by atoms with van der Waals surface area (Å²) in [4.78, 5) is 14.8. The second-order valence-electron chi connectivity index (χ2n) is 6.56. The van der Waals surface area contributed by atoms with Crippen LogP contribution in [0.4, 0.5) is 0 Å². The number of nitrogens with one attached hydrogen (secondary N) is 1. The molecule has 2 unspecified atom stereocenters. The van der Waals surface area contributed by atoms with E-state index in [1.165, 1.54) is 31.4 Å². The van der Waals surface area contributed by atoms with Crippen LogP contribution in [0.25, 0.3) is 0 Å². The van der Waals surface area contributed by atoms with Gasteiger partial charge < -0.3 is 15.0 Å². The average Bonchev–Trinajstić information content (AvgIpc) is 3.25. The Kier molecular flexibility index (Phi) is 5.83. The monoisotopic (exact) mass is 312 g/mol. The first-order valence-electron chi connectivity index (χ1n) is 8.55. The van der Waals surface area contributed by atoms with E-state index in [1.54, 1.807) is 0 Å².